The van der Waals surface area contributed by atoms with E-state index in [1.54, 1.807) is 0 Å². The maximum absolute atomic E-state index is 13.7. The summed E-state index contributed by atoms with van der Waals surface area (Å²) in [7, 11) is 0. The van der Waals surface area contributed by atoms with E-state index in [-0.39, 0.29) is 47.2 Å². The summed E-state index contributed by atoms with van der Waals surface area (Å²) in [6, 6.07) is 0. The molecule has 0 aliphatic heterocycles. The number of rotatable bonds is 7. The molecular weight excluding hydrogens is 562 g/mol. The fourth-order valence-electron chi connectivity index (χ4n) is 8.03. The molecule has 4 fully saturated rings. The van der Waals surface area contributed by atoms with Gasteiger partial charge in [-0.3, -0.25) is 9.59 Å². The maximum atomic E-state index is 13.7. The van der Waals surface area contributed by atoms with E-state index >= 15 is 0 Å². The third kappa shape index (κ3) is 6.09. The van der Waals surface area contributed by atoms with E-state index in [0.717, 1.165) is 81.4 Å². The average Bonchev–Trinajstić information content (AvgIpc) is 3.54. The standard InChI is InChI=1S/C32H40F6O4/c1-20-23(8-5-10-26(20)41-21(2)39)11-12-24-9-6-15-28(4)25(24)13-14-27(28)29(18-19-29)16-7-17-30(31(33,34)35,32(36,37)38)42-22(3)40/h7,11-12,17,25-27H,1,5-6,8-10,13-16,18-19H2,2-4H3/b17-7+,23-11-,24-12+. The second-order valence-electron chi connectivity index (χ2n) is 12.8. The Morgan fingerprint density at radius 1 is 0.929 bits per heavy atom. The van der Waals surface area contributed by atoms with Crippen molar-refractivity contribution >= 4 is 11.9 Å². The molecule has 4 nitrogen and oxygen atoms in total. The predicted octanol–water partition coefficient (Wildman–Crippen LogP) is 8.88. The van der Waals surface area contributed by atoms with E-state index in [1.807, 2.05) is 0 Å². The van der Waals surface area contributed by atoms with E-state index in [9.17, 15) is 35.9 Å². The lowest BCUT2D eigenvalue weighted by Crippen LogP contribution is -2.58. The fraction of sp³-hybridized carbons (Fsp3) is 0.688. The first-order valence-electron chi connectivity index (χ1n) is 14.7. The minimum Gasteiger partial charge on any atom is -0.458 e. The van der Waals surface area contributed by atoms with Crippen LogP contribution in [0.15, 0.2) is 47.6 Å². The Bertz CT molecular complexity index is 1160. The van der Waals surface area contributed by atoms with Gasteiger partial charge >= 0.3 is 29.9 Å². The highest BCUT2D eigenvalue weighted by Gasteiger charge is 2.73. The number of halogens is 6. The van der Waals surface area contributed by atoms with Crippen LogP contribution in [0, 0.1) is 22.7 Å². The molecule has 10 heteroatoms. The van der Waals surface area contributed by atoms with Crippen LogP contribution in [-0.4, -0.2) is 36.0 Å². The van der Waals surface area contributed by atoms with Crippen LogP contribution in [0.5, 0.6) is 0 Å². The van der Waals surface area contributed by atoms with Gasteiger partial charge in [-0.05, 0) is 111 Å². The minimum atomic E-state index is -5.85. The highest BCUT2D eigenvalue weighted by atomic mass is 19.4. The second kappa shape index (κ2) is 11.5. The predicted molar refractivity (Wildman–Crippen MR) is 145 cm³/mol. The minimum absolute atomic E-state index is 0.00174. The Morgan fingerprint density at radius 2 is 1.60 bits per heavy atom. The Balaban J connectivity index is 1.54. The fourth-order valence-corrected chi connectivity index (χ4v) is 8.03. The molecule has 0 radical (unpaired) electrons. The summed E-state index contributed by atoms with van der Waals surface area (Å²) >= 11 is 0. The lowest BCUT2D eigenvalue weighted by molar-refractivity contribution is -0.350. The highest BCUT2D eigenvalue weighted by Crippen LogP contribution is 2.70. The summed E-state index contributed by atoms with van der Waals surface area (Å²) in [5.74, 6) is -1.55. The summed E-state index contributed by atoms with van der Waals surface area (Å²) < 4.78 is 91.7. The first kappa shape index (κ1) is 32.4. The molecule has 4 saturated carbocycles. The quantitative estimate of drug-likeness (QED) is 0.166. The summed E-state index contributed by atoms with van der Waals surface area (Å²) in [6.45, 7) is 8.32. The SMILES string of the molecule is C=C1/C(=C\C=C2/CCCC3(C)C2CCC3C2(C/C=C/C(OC(C)=O)(C(F)(F)F)C(F)(F)F)CC2)CCCC1OC(C)=O. The largest absolute Gasteiger partial charge is 0.458 e. The van der Waals surface area contributed by atoms with Gasteiger partial charge in [0.05, 0.1) is 0 Å². The molecule has 0 aromatic rings. The Hall–Kier alpha value is -2.52. The number of alkyl halides is 6. The zero-order valence-corrected chi connectivity index (χ0v) is 24.4. The first-order valence-corrected chi connectivity index (χ1v) is 14.7. The number of allylic oxidation sites excluding steroid dienone is 4. The molecule has 0 aromatic carbocycles. The van der Waals surface area contributed by atoms with Crippen molar-refractivity contribution in [3.8, 4) is 0 Å². The van der Waals surface area contributed by atoms with Crippen LogP contribution in [0.4, 0.5) is 26.3 Å². The lowest BCUT2D eigenvalue weighted by Gasteiger charge is -2.45. The van der Waals surface area contributed by atoms with Gasteiger partial charge in [0.2, 0.25) is 0 Å². The topological polar surface area (TPSA) is 52.6 Å². The van der Waals surface area contributed by atoms with Crippen molar-refractivity contribution < 1.29 is 45.4 Å². The van der Waals surface area contributed by atoms with Crippen molar-refractivity contribution in [2.45, 2.75) is 115 Å². The molecule has 234 valence electrons. The second-order valence-corrected chi connectivity index (χ2v) is 12.8. The van der Waals surface area contributed by atoms with Crippen LogP contribution in [0.25, 0.3) is 0 Å². The van der Waals surface area contributed by atoms with Crippen LogP contribution >= 0.6 is 0 Å². The summed E-state index contributed by atoms with van der Waals surface area (Å²) in [4.78, 5) is 22.8. The van der Waals surface area contributed by atoms with E-state index < -0.39 is 23.9 Å². The molecular formula is C32H40F6O4. The van der Waals surface area contributed by atoms with Gasteiger partial charge in [-0.25, -0.2) is 0 Å². The lowest BCUT2D eigenvalue weighted by atomic mass is 9.59. The summed E-state index contributed by atoms with van der Waals surface area (Å²) in [5.41, 5.74) is -1.95. The van der Waals surface area contributed by atoms with Gasteiger partial charge in [-0.2, -0.15) is 26.3 Å². The molecule has 4 unspecified atom stereocenters. The van der Waals surface area contributed by atoms with Gasteiger partial charge in [0, 0.05) is 13.8 Å². The molecule has 4 aliphatic carbocycles. The van der Waals surface area contributed by atoms with Crippen LogP contribution in [0.3, 0.4) is 0 Å². The number of carbonyl (C=O) groups excluding carboxylic acids is 2. The number of fused-ring (bicyclic) bond motifs is 1. The van der Waals surface area contributed by atoms with Crippen molar-refractivity contribution in [1.29, 1.82) is 0 Å². The van der Waals surface area contributed by atoms with Gasteiger partial charge in [0.15, 0.2) is 0 Å². The molecule has 42 heavy (non-hydrogen) atoms. The third-order valence-electron chi connectivity index (χ3n) is 10.1. The Kier molecular flexibility index (Phi) is 8.89. The van der Waals surface area contributed by atoms with Gasteiger partial charge in [0.1, 0.15) is 6.10 Å². The molecule has 4 rings (SSSR count). The smallest absolute Gasteiger partial charge is 0.441 e. The van der Waals surface area contributed by atoms with Crippen LogP contribution in [0.1, 0.15) is 91.4 Å². The summed E-state index contributed by atoms with van der Waals surface area (Å²) in [5, 5.41) is 0. The normalized spacial score (nSPS) is 31.8. The van der Waals surface area contributed by atoms with Crippen molar-refractivity contribution in [2.24, 2.45) is 22.7 Å². The van der Waals surface area contributed by atoms with Gasteiger partial charge < -0.3 is 9.47 Å². The Morgan fingerprint density at radius 3 is 2.17 bits per heavy atom. The molecule has 0 N–H and O–H groups in total. The molecule has 0 aromatic heterocycles. The van der Waals surface area contributed by atoms with Gasteiger partial charge in [0.25, 0.3) is 0 Å². The molecule has 0 amide bonds. The zero-order chi connectivity index (χ0) is 31.1. The molecule has 4 atom stereocenters. The number of ether oxygens (including phenoxy) is 2. The summed E-state index contributed by atoms with van der Waals surface area (Å²) in [6.07, 6.45) is 1.83. The van der Waals surface area contributed by atoms with Crippen molar-refractivity contribution in [2.75, 3.05) is 0 Å². The third-order valence-corrected chi connectivity index (χ3v) is 10.1. The van der Waals surface area contributed by atoms with Crippen LogP contribution < -0.4 is 0 Å². The van der Waals surface area contributed by atoms with E-state index in [4.69, 9.17) is 4.74 Å². The van der Waals surface area contributed by atoms with Crippen molar-refractivity contribution in [3.63, 3.8) is 0 Å². The van der Waals surface area contributed by atoms with Gasteiger partial charge in [-0.1, -0.05) is 37.3 Å². The molecule has 0 heterocycles. The monoisotopic (exact) mass is 602 g/mol. The van der Waals surface area contributed by atoms with Crippen molar-refractivity contribution in [3.05, 3.63) is 47.6 Å². The number of carbonyl (C=O) groups is 2. The molecule has 0 bridgehead atoms. The molecule has 0 spiro atoms. The maximum Gasteiger partial charge on any atom is 0.441 e. The van der Waals surface area contributed by atoms with E-state index in [0.29, 0.717) is 6.92 Å². The number of hydrogen-bond acceptors (Lipinski definition) is 4. The number of esters is 2. The Labute approximate surface area is 243 Å². The molecule has 0 saturated heterocycles. The van der Waals surface area contributed by atoms with E-state index in [2.05, 4.69) is 30.4 Å². The van der Waals surface area contributed by atoms with Crippen molar-refractivity contribution in [1.82, 2.24) is 0 Å². The molecule has 4 aliphatic rings. The highest BCUT2D eigenvalue weighted by molar-refractivity contribution is 5.67. The van der Waals surface area contributed by atoms with E-state index in [1.165, 1.54) is 12.5 Å². The first-order chi connectivity index (χ1) is 19.5. The number of hydrogen-bond donors (Lipinski definition) is 0. The average molecular weight is 603 g/mol. The van der Waals surface area contributed by atoms with Crippen LogP contribution in [-0.2, 0) is 19.1 Å². The van der Waals surface area contributed by atoms with Gasteiger partial charge in [-0.15, -0.1) is 0 Å². The zero-order valence-electron chi connectivity index (χ0n) is 24.4. The van der Waals surface area contributed by atoms with Crippen LogP contribution in [0.2, 0.25) is 0 Å².